The van der Waals surface area contributed by atoms with Crippen LogP contribution in [0.25, 0.3) is 0 Å². The van der Waals surface area contributed by atoms with E-state index in [-0.39, 0.29) is 27.2 Å². The van der Waals surface area contributed by atoms with Crippen LogP contribution < -0.4 is 10.0 Å². The van der Waals surface area contributed by atoms with E-state index < -0.39 is 26.5 Å². The predicted molar refractivity (Wildman–Crippen MR) is 137 cm³/mol. The number of nitrogens with zero attached hydrogens (tertiary/aromatic N) is 2. The zero-order valence-electron chi connectivity index (χ0n) is 18.9. The second-order valence-corrected chi connectivity index (χ2v) is 11.0. The first kappa shape index (κ1) is 26.0. The third kappa shape index (κ3) is 6.02. The van der Waals surface area contributed by atoms with E-state index in [1.807, 2.05) is 17.5 Å². The Balaban J connectivity index is 1.53. The number of nitro groups is 1. The molecule has 2 N–H and O–H groups in total. The number of carbonyl (C=O) groups is 1. The number of hydrogen-bond acceptors (Lipinski definition) is 8. The van der Waals surface area contributed by atoms with Gasteiger partial charge in [-0.1, -0.05) is 29.8 Å². The molecule has 4 rings (SSSR count). The maximum atomic E-state index is 13.1. The van der Waals surface area contributed by atoms with Gasteiger partial charge in [0, 0.05) is 30.6 Å². The van der Waals surface area contributed by atoms with Crippen LogP contribution in [-0.2, 0) is 14.8 Å². The number of nitro benzene ring substituents is 1. The quantitative estimate of drug-likeness (QED) is 0.305. The van der Waals surface area contributed by atoms with E-state index in [9.17, 15) is 23.3 Å². The summed E-state index contributed by atoms with van der Waals surface area (Å²) in [6.45, 7) is 3.03. The van der Waals surface area contributed by atoms with Gasteiger partial charge in [-0.15, -0.1) is 11.3 Å². The lowest BCUT2D eigenvalue weighted by molar-refractivity contribution is -0.384. The molecule has 1 aliphatic heterocycles. The number of nitrogens with one attached hydrogen (secondary N) is 2. The first-order valence-corrected chi connectivity index (χ1v) is 13.7. The fourth-order valence-electron chi connectivity index (χ4n) is 3.84. The molecule has 10 nitrogen and oxygen atoms in total. The molecule has 0 unspecified atom stereocenters. The number of sulfonamides is 1. The summed E-state index contributed by atoms with van der Waals surface area (Å²) in [4.78, 5) is 26.6. The molecule has 1 amide bonds. The number of amides is 1. The van der Waals surface area contributed by atoms with Crippen LogP contribution in [0.1, 0.15) is 21.3 Å². The first-order valence-electron chi connectivity index (χ1n) is 11.0. The summed E-state index contributed by atoms with van der Waals surface area (Å²) in [5, 5.41) is 15.9. The van der Waals surface area contributed by atoms with Crippen molar-refractivity contribution in [2.24, 2.45) is 0 Å². The van der Waals surface area contributed by atoms with Gasteiger partial charge in [0.15, 0.2) is 0 Å². The van der Waals surface area contributed by atoms with Crippen LogP contribution >= 0.6 is 22.9 Å². The van der Waals surface area contributed by atoms with E-state index >= 15 is 0 Å². The zero-order valence-corrected chi connectivity index (χ0v) is 21.3. The van der Waals surface area contributed by atoms with Gasteiger partial charge < -0.3 is 10.1 Å². The molecular formula is C23H23ClN4O6S2. The minimum atomic E-state index is -4.24. The largest absolute Gasteiger partial charge is 0.379 e. The summed E-state index contributed by atoms with van der Waals surface area (Å²) in [6.07, 6.45) is 0. The van der Waals surface area contributed by atoms with Crippen LogP contribution in [0.3, 0.4) is 0 Å². The summed E-state index contributed by atoms with van der Waals surface area (Å²) in [7, 11) is -4.24. The monoisotopic (exact) mass is 550 g/mol. The second-order valence-electron chi connectivity index (χ2n) is 7.91. The molecule has 1 aliphatic rings. The van der Waals surface area contributed by atoms with Crippen molar-refractivity contribution in [3.8, 4) is 0 Å². The van der Waals surface area contributed by atoms with Crippen molar-refractivity contribution in [3.63, 3.8) is 0 Å². The SMILES string of the molecule is O=C(NC[C@@H](c1cccs1)N1CCOCC1)c1ccccc1NS(=O)(=O)c1ccc(Cl)c([N+](=O)[O-])c1. The molecule has 0 bridgehead atoms. The lowest BCUT2D eigenvalue weighted by Crippen LogP contribution is -2.43. The number of carbonyl (C=O) groups excluding carboxylic acids is 1. The summed E-state index contributed by atoms with van der Waals surface area (Å²) >= 11 is 7.40. The Kier molecular flexibility index (Phi) is 8.21. The lowest BCUT2D eigenvalue weighted by Gasteiger charge is -2.34. The minimum absolute atomic E-state index is 0.0451. The van der Waals surface area contributed by atoms with Crippen LogP contribution in [0.4, 0.5) is 11.4 Å². The van der Waals surface area contributed by atoms with Gasteiger partial charge in [-0.2, -0.15) is 0 Å². The van der Waals surface area contributed by atoms with Crippen molar-refractivity contribution in [2.75, 3.05) is 37.6 Å². The number of morpholine rings is 1. The molecule has 2 aromatic carbocycles. The molecule has 0 saturated carbocycles. The molecule has 1 aromatic heterocycles. The standard InChI is InChI=1S/C23H23ClN4O6S2/c24-18-8-7-16(14-20(18)28(30)31)36(32,33)26-19-5-2-1-4-17(19)23(29)25-15-21(22-6-3-13-35-22)27-9-11-34-12-10-27/h1-8,13-14,21,26H,9-12,15H2,(H,25,29)/t21-/m0/s1. The summed E-state index contributed by atoms with van der Waals surface area (Å²) in [6, 6.07) is 13.3. The first-order chi connectivity index (χ1) is 17.3. The van der Waals surface area contributed by atoms with Gasteiger partial charge in [0.2, 0.25) is 0 Å². The topological polar surface area (TPSA) is 131 Å². The maximum Gasteiger partial charge on any atom is 0.289 e. The highest BCUT2D eigenvalue weighted by Crippen LogP contribution is 2.29. The van der Waals surface area contributed by atoms with E-state index in [1.54, 1.807) is 23.5 Å². The molecule has 3 aromatic rings. The van der Waals surface area contributed by atoms with E-state index in [2.05, 4.69) is 14.9 Å². The Morgan fingerprint density at radius 2 is 1.92 bits per heavy atom. The molecule has 1 saturated heterocycles. The molecule has 36 heavy (non-hydrogen) atoms. The van der Waals surface area contributed by atoms with Crippen molar-refractivity contribution in [2.45, 2.75) is 10.9 Å². The molecule has 0 aliphatic carbocycles. The molecule has 2 heterocycles. The van der Waals surface area contributed by atoms with E-state index in [0.29, 0.717) is 19.8 Å². The Labute approximate surface area is 217 Å². The summed E-state index contributed by atoms with van der Waals surface area (Å²) in [5.74, 6) is -0.454. The number of anilines is 1. The van der Waals surface area contributed by atoms with Crippen molar-refractivity contribution in [1.82, 2.24) is 10.2 Å². The number of halogens is 1. The van der Waals surface area contributed by atoms with Crippen LogP contribution in [0.5, 0.6) is 0 Å². The van der Waals surface area contributed by atoms with Gasteiger partial charge >= 0.3 is 0 Å². The average Bonchev–Trinajstić information content (AvgIpc) is 3.39. The number of hydrogen-bond donors (Lipinski definition) is 2. The average molecular weight is 551 g/mol. The Bertz CT molecular complexity index is 1340. The van der Waals surface area contributed by atoms with Gasteiger partial charge in [-0.3, -0.25) is 24.5 Å². The highest BCUT2D eigenvalue weighted by molar-refractivity contribution is 7.92. The van der Waals surface area contributed by atoms with Crippen LogP contribution in [0.2, 0.25) is 5.02 Å². The van der Waals surface area contributed by atoms with Gasteiger partial charge in [-0.25, -0.2) is 8.42 Å². The molecular weight excluding hydrogens is 528 g/mol. The smallest absolute Gasteiger partial charge is 0.289 e. The van der Waals surface area contributed by atoms with Crippen molar-refractivity contribution in [1.29, 1.82) is 0 Å². The molecule has 190 valence electrons. The fourth-order valence-corrected chi connectivity index (χ4v) is 5.98. The van der Waals surface area contributed by atoms with Gasteiger partial charge in [0.25, 0.3) is 21.6 Å². The molecule has 0 spiro atoms. The Morgan fingerprint density at radius 3 is 2.61 bits per heavy atom. The fraction of sp³-hybridized carbons (Fsp3) is 0.261. The second kappa shape index (κ2) is 11.4. The van der Waals surface area contributed by atoms with Crippen LogP contribution in [-0.4, -0.2) is 57.0 Å². The lowest BCUT2D eigenvalue weighted by atomic mass is 10.1. The number of ether oxygens (including phenoxy) is 1. The molecule has 0 radical (unpaired) electrons. The Hall–Kier alpha value is -3.03. The summed E-state index contributed by atoms with van der Waals surface area (Å²) < 4.78 is 33.8. The summed E-state index contributed by atoms with van der Waals surface area (Å²) in [5.41, 5.74) is -0.364. The number of thiophene rings is 1. The van der Waals surface area contributed by atoms with E-state index in [0.717, 1.165) is 36.2 Å². The molecule has 1 fully saturated rings. The highest BCUT2D eigenvalue weighted by atomic mass is 35.5. The van der Waals surface area contributed by atoms with Gasteiger partial charge in [-0.05, 0) is 35.7 Å². The van der Waals surface area contributed by atoms with Crippen LogP contribution in [0.15, 0.2) is 64.9 Å². The minimum Gasteiger partial charge on any atom is -0.379 e. The predicted octanol–water partition coefficient (Wildman–Crippen LogP) is 3.91. The zero-order chi connectivity index (χ0) is 25.7. The number of benzene rings is 2. The van der Waals surface area contributed by atoms with Gasteiger partial charge in [0.05, 0.1) is 40.3 Å². The number of rotatable bonds is 9. The van der Waals surface area contributed by atoms with Crippen LogP contribution in [0, 0.1) is 10.1 Å². The normalized spacial score (nSPS) is 15.2. The van der Waals surface area contributed by atoms with Crippen molar-refractivity contribution < 1.29 is 22.9 Å². The molecule has 1 atom stereocenters. The van der Waals surface area contributed by atoms with Gasteiger partial charge in [0.1, 0.15) is 5.02 Å². The maximum absolute atomic E-state index is 13.1. The van der Waals surface area contributed by atoms with E-state index in [1.165, 1.54) is 12.1 Å². The third-order valence-corrected chi connectivity index (χ3v) is 8.31. The number of para-hydroxylation sites is 1. The molecule has 13 heteroatoms. The van der Waals surface area contributed by atoms with Crippen molar-refractivity contribution in [3.05, 3.63) is 85.6 Å². The third-order valence-electron chi connectivity index (χ3n) is 5.65. The Morgan fingerprint density at radius 1 is 1.17 bits per heavy atom. The van der Waals surface area contributed by atoms with Crippen molar-refractivity contribution >= 4 is 50.2 Å². The highest BCUT2D eigenvalue weighted by Gasteiger charge is 2.26. The van der Waals surface area contributed by atoms with E-state index in [4.69, 9.17) is 16.3 Å².